The van der Waals surface area contributed by atoms with Crippen LogP contribution in [-0.4, -0.2) is 43.3 Å². The summed E-state index contributed by atoms with van der Waals surface area (Å²) < 4.78 is 36.3. The van der Waals surface area contributed by atoms with Gasteiger partial charge < -0.3 is 0 Å². The highest BCUT2D eigenvalue weighted by atomic mass is 32.2. The van der Waals surface area contributed by atoms with Crippen molar-refractivity contribution in [1.82, 2.24) is 4.90 Å². The summed E-state index contributed by atoms with van der Waals surface area (Å²) in [6.45, 7) is -1.32. The molecule has 2 nitrogen and oxygen atoms in total. The topological polar surface area (TPSA) is 20.3 Å². The first-order valence-corrected chi connectivity index (χ1v) is 6.47. The van der Waals surface area contributed by atoms with Gasteiger partial charge in [-0.2, -0.15) is 13.2 Å². The van der Waals surface area contributed by atoms with Gasteiger partial charge in [-0.3, -0.25) is 9.69 Å². The van der Waals surface area contributed by atoms with Crippen molar-refractivity contribution in [3.63, 3.8) is 0 Å². The van der Waals surface area contributed by atoms with Gasteiger partial charge in [-0.15, -0.1) is 11.8 Å². The van der Waals surface area contributed by atoms with Crippen LogP contribution in [-0.2, 0) is 0 Å². The summed E-state index contributed by atoms with van der Waals surface area (Å²) in [4.78, 5) is 13.7. The van der Waals surface area contributed by atoms with Gasteiger partial charge in [-0.05, 0) is 25.4 Å². The predicted molar refractivity (Wildman–Crippen MR) is 66.1 cm³/mol. The van der Waals surface area contributed by atoms with Crippen molar-refractivity contribution in [3.8, 4) is 0 Å². The Morgan fingerprint density at radius 1 is 1.28 bits per heavy atom. The summed E-state index contributed by atoms with van der Waals surface area (Å²) in [5, 5.41) is 0. The molecule has 1 aromatic carbocycles. The van der Waals surface area contributed by atoms with Crippen molar-refractivity contribution in [2.45, 2.75) is 11.1 Å². The smallest absolute Gasteiger partial charge is 0.293 e. The van der Waals surface area contributed by atoms with Crippen LogP contribution in [0.1, 0.15) is 10.4 Å². The molecule has 1 rings (SSSR count). The van der Waals surface area contributed by atoms with Crippen LogP contribution in [0.2, 0.25) is 0 Å². The van der Waals surface area contributed by atoms with E-state index in [0.717, 1.165) is 9.80 Å². The lowest BCUT2D eigenvalue weighted by molar-refractivity contribution is -0.141. The summed E-state index contributed by atoms with van der Waals surface area (Å²) in [6.07, 6.45) is -2.37. The van der Waals surface area contributed by atoms with E-state index in [2.05, 4.69) is 0 Å². The molecular weight excluding hydrogens is 263 g/mol. The highest BCUT2D eigenvalue weighted by Crippen LogP contribution is 2.17. The first kappa shape index (κ1) is 15.0. The van der Waals surface area contributed by atoms with Gasteiger partial charge in [-0.25, -0.2) is 0 Å². The van der Waals surface area contributed by atoms with Crippen molar-refractivity contribution in [1.29, 1.82) is 0 Å². The molecule has 0 aliphatic carbocycles. The lowest BCUT2D eigenvalue weighted by atomic mass is 10.1. The van der Waals surface area contributed by atoms with E-state index in [1.165, 1.54) is 7.05 Å². The molecule has 0 amide bonds. The molecule has 0 atom stereocenters. The van der Waals surface area contributed by atoms with Gasteiger partial charge in [0.25, 0.3) is 0 Å². The van der Waals surface area contributed by atoms with Gasteiger partial charge in [-0.1, -0.05) is 12.1 Å². The van der Waals surface area contributed by atoms with Gasteiger partial charge in [0.15, 0.2) is 5.78 Å². The van der Waals surface area contributed by atoms with Gasteiger partial charge in [0.05, 0.1) is 13.1 Å². The minimum Gasteiger partial charge on any atom is -0.293 e. The molecule has 0 saturated carbocycles. The second-order valence-electron chi connectivity index (χ2n) is 3.94. The van der Waals surface area contributed by atoms with E-state index in [-0.39, 0.29) is 12.3 Å². The first-order valence-electron chi connectivity index (χ1n) is 5.24. The van der Waals surface area contributed by atoms with Crippen LogP contribution >= 0.6 is 11.8 Å². The number of benzene rings is 1. The fourth-order valence-corrected chi connectivity index (χ4v) is 1.88. The lowest BCUT2D eigenvalue weighted by Gasteiger charge is -2.17. The highest BCUT2D eigenvalue weighted by molar-refractivity contribution is 7.98. The van der Waals surface area contributed by atoms with Crippen molar-refractivity contribution < 1.29 is 18.0 Å². The lowest BCUT2D eigenvalue weighted by Crippen LogP contribution is -2.34. The summed E-state index contributed by atoms with van der Waals surface area (Å²) in [5.41, 5.74) is 0.432. The molecule has 0 N–H and O–H groups in total. The Balaban J connectivity index is 2.59. The van der Waals surface area contributed by atoms with Crippen molar-refractivity contribution in [3.05, 3.63) is 29.8 Å². The third-order valence-corrected chi connectivity index (χ3v) is 3.02. The first-order chi connectivity index (χ1) is 8.31. The predicted octanol–water partition coefficient (Wildman–Crippen LogP) is 3.09. The number of likely N-dealkylation sites (N-methyl/N-ethyl adjacent to an activating group) is 1. The molecule has 0 unspecified atom stereocenters. The summed E-state index contributed by atoms with van der Waals surface area (Å²) in [6, 6.07) is 6.83. The van der Waals surface area contributed by atoms with E-state index < -0.39 is 12.7 Å². The largest absolute Gasteiger partial charge is 0.401 e. The average Bonchev–Trinajstić information content (AvgIpc) is 2.26. The number of carbonyl (C=O) groups excluding carboxylic acids is 1. The van der Waals surface area contributed by atoms with E-state index >= 15 is 0 Å². The summed E-state index contributed by atoms with van der Waals surface area (Å²) in [5.74, 6) is -0.311. The number of hydrogen-bond acceptors (Lipinski definition) is 3. The Hall–Kier alpha value is -1.01. The van der Waals surface area contributed by atoms with Crippen LogP contribution in [0.5, 0.6) is 0 Å². The standard InChI is InChI=1S/C12H14F3NOS/c1-16(8-12(13,14)15)7-11(17)9-3-5-10(18-2)6-4-9/h3-6H,7-8H2,1-2H3. The van der Waals surface area contributed by atoms with E-state index in [1.807, 2.05) is 6.26 Å². The number of Topliss-reactive ketones (excluding diaryl/α,β-unsaturated/α-hetero) is 1. The number of nitrogens with zero attached hydrogens (tertiary/aromatic N) is 1. The fourth-order valence-electron chi connectivity index (χ4n) is 1.48. The molecule has 0 aromatic heterocycles. The minimum atomic E-state index is -4.28. The second-order valence-corrected chi connectivity index (χ2v) is 4.82. The molecule has 0 bridgehead atoms. The van der Waals surface area contributed by atoms with Crippen molar-refractivity contribution in [2.75, 3.05) is 26.4 Å². The maximum absolute atomic E-state index is 12.1. The highest BCUT2D eigenvalue weighted by Gasteiger charge is 2.29. The maximum atomic E-state index is 12.1. The molecule has 0 fully saturated rings. The molecule has 0 aliphatic rings. The maximum Gasteiger partial charge on any atom is 0.401 e. The van der Waals surface area contributed by atoms with E-state index in [1.54, 1.807) is 36.0 Å². The molecule has 6 heteroatoms. The SMILES string of the molecule is CSc1ccc(C(=O)CN(C)CC(F)(F)F)cc1. The van der Waals surface area contributed by atoms with Gasteiger partial charge in [0, 0.05) is 10.5 Å². The van der Waals surface area contributed by atoms with Crippen LogP contribution in [0.3, 0.4) is 0 Å². The van der Waals surface area contributed by atoms with Crippen LogP contribution in [0, 0.1) is 0 Å². The third kappa shape index (κ3) is 5.10. The van der Waals surface area contributed by atoms with E-state index in [0.29, 0.717) is 5.56 Å². The van der Waals surface area contributed by atoms with Crippen LogP contribution < -0.4 is 0 Å². The average molecular weight is 277 g/mol. The summed E-state index contributed by atoms with van der Waals surface area (Å²) in [7, 11) is 1.28. The monoisotopic (exact) mass is 277 g/mol. The zero-order valence-electron chi connectivity index (χ0n) is 10.1. The fraction of sp³-hybridized carbons (Fsp3) is 0.417. The molecule has 0 radical (unpaired) electrons. The molecule has 18 heavy (non-hydrogen) atoms. The zero-order valence-corrected chi connectivity index (χ0v) is 10.9. The number of thioether (sulfide) groups is 1. The molecule has 0 aliphatic heterocycles. The van der Waals surface area contributed by atoms with Crippen molar-refractivity contribution >= 4 is 17.5 Å². The molecule has 0 spiro atoms. The van der Waals surface area contributed by atoms with Gasteiger partial charge >= 0.3 is 6.18 Å². The normalized spacial score (nSPS) is 11.9. The number of alkyl halides is 3. The summed E-state index contributed by atoms with van der Waals surface area (Å²) >= 11 is 1.54. The Kier molecular flexibility index (Phi) is 5.22. The Labute approximate surface area is 108 Å². The van der Waals surface area contributed by atoms with E-state index in [9.17, 15) is 18.0 Å². The van der Waals surface area contributed by atoms with Crippen molar-refractivity contribution in [2.24, 2.45) is 0 Å². The number of ketones is 1. The quantitative estimate of drug-likeness (QED) is 0.609. The zero-order chi connectivity index (χ0) is 13.8. The number of hydrogen-bond donors (Lipinski definition) is 0. The van der Waals surface area contributed by atoms with E-state index in [4.69, 9.17) is 0 Å². The van der Waals surface area contributed by atoms with Gasteiger partial charge in [0.2, 0.25) is 0 Å². The Morgan fingerprint density at radius 3 is 2.28 bits per heavy atom. The van der Waals surface area contributed by atoms with Gasteiger partial charge in [0.1, 0.15) is 0 Å². The molecule has 0 saturated heterocycles. The van der Waals surface area contributed by atoms with Crippen LogP contribution in [0.4, 0.5) is 13.2 Å². The van der Waals surface area contributed by atoms with Crippen LogP contribution in [0.15, 0.2) is 29.2 Å². The molecule has 1 aromatic rings. The second kappa shape index (κ2) is 6.24. The Morgan fingerprint density at radius 2 is 1.83 bits per heavy atom. The third-order valence-electron chi connectivity index (χ3n) is 2.27. The molecular formula is C12H14F3NOS. The minimum absolute atomic E-state index is 0.238. The van der Waals surface area contributed by atoms with Crippen LogP contribution in [0.25, 0.3) is 0 Å². The number of halogens is 3. The Bertz CT molecular complexity index is 403. The molecule has 0 heterocycles. The molecule has 100 valence electrons. The number of carbonyl (C=O) groups is 1. The number of rotatable bonds is 5.